The van der Waals surface area contributed by atoms with Crippen molar-refractivity contribution in [1.82, 2.24) is 10.2 Å². The zero-order valence-electron chi connectivity index (χ0n) is 18.8. The molecule has 1 atom stereocenters. The first-order chi connectivity index (χ1) is 16.0. The van der Waals surface area contributed by atoms with Gasteiger partial charge in [0.2, 0.25) is 5.91 Å². The first-order valence-corrected chi connectivity index (χ1v) is 11.8. The number of nitrogens with zero attached hydrogens (tertiary/aromatic N) is 1. The SMILES string of the molecule is C[C@H](C(=O)NC1CCCC1)N(Cc1ccccc1Cl)C(=O)COc1cccc2ccccc12. The lowest BCUT2D eigenvalue weighted by atomic mass is 10.1. The van der Waals surface area contributed by atoms with Gasteiger partial charge in [-0.2, -0.15) is 0 Å². The van der Waals surface area contributed by atoms with Crippen LogP contribution >= 0.6 is 11.6 Å². The van der Waals surface area contributed by atoms with E-state index in [2.05, 4.69) is 5.32 Å². The molecule has 3 aromatic carbocycles. The van der Waals surface area contributed by atoms with Gasteiger partial charge in [0.05, 0.1) is 0 Å². The van der Waals surface area contributed by atoms with Crippen LogP contribution in [-0.4, -0.2) is 35.4 Å². The molecule has 0 aromatic heterocycles. The third-order valence-corrected chi connectivity index (χ3v) is 6.64. The van der Waals surface area contributed by atoms with Gasteiger partial charge in [0.15, 0.2) is 6.61 Å². The van der Waals surface area contributed by atoms with Gasteiger partial charge in [-0.3, -0.25) is 9.59 Å². The summed E-state index contributed by atoms with van der Waals surface area (Å²) in [5.74, 6) is 0.228. The number of carbonyl (C=O) groups excluding carboxylic acids is 2. The quantitative estimate of drug-likeness (QED) is 0.489. The van der Waals surface area contributed by atoms with Crippen molar-refractivity contribution in [2.45, 2.75) is 51.2 Å². The van der Waals surface area contributed by atoms with Crippen molar-refractivity contribution in [2.75, 3.05) is 6.61 Å². The second kappa shape index (κ2) is 10.7. The Hall–Kier alpha value is -3.05. The van der Waals surface area contributed by atoms with Gasteiger partial charge in [0.25, 0.3) is 5.91 Å². The van der Waals surface area contributed by atoms with Gasteiger partial charge in [0, 0.05) is 23.0 Å². The summed E-state index contributed by atoms with van der Waals surface area (Å²) >= 11 is 6.36. The topological polar surface area (TPSA) is 58.6 Å². The number of carbonyl (C=O) groups is 2. The predicted molar refractivity (Wildman–Crippen MR) is 131 cm³/mol. The van der Waals surface area contributed by atoms with Gasteiger partial charge in [-0.25, -0.2) is 0 Å². The average molecular weight is 465 g/mol. The standard InChI is InChI=1S/C27H29ClN2O3/c1-19(27(32)29-22-12-4-5-13-22)30(17-21-10-3-7-15-24(21)28)26(31)18-33-25-16-8-11-20-9-2-6-14-23(20)25/h2-3,6-11,14-16,19,22H,4-5,12-13,17-18H2,1H3,(H,29,32)/t19-/m1/s1. The van der Waals surface area contributed by atoms with E-state index in [1.54, 1.807) is 17.9 Å². The Morgan fingerprint density at radius 3 is 2.52 bits per heavy atom. The Morgan fingerprint density at radius 2 is 1.73 bits per heavy atom. The number of fused-ring (bicyclic) bond motifs is 1. The smallest absolute Gasteiger partial charge is 0.261 e. The van der Waals surface area contributed by atoms with Crippen LogP contribution in [0.4, 0.5) is 0 Å². The highest BCUT2D eigenvalue weighted by Crippen LogP contribution is 2.26. The molecule has 2 amide bonds. The fourth-order valence-corrected chi connectivity index (χ4v) is 4.52. The molecule has 1 saturated carbocycles. The van der Waals surface area contributed by atoms with Gasteiger partial charge in [-0.1, -0.05) is 79.0 Å². The zero-order chi connectivity index (χ0) is 23.2. The van der Waals surface area contributed by atoms with Crippen LogP contribution in [0.5, 0.6) is 5.75 Å². The van der Waals surface area contributed by atoms with Crippen molar-refractivity contribution in [3.63, 3.8) is 0 Å². The van der Waals surface area contributed by atoms with E-state index in [1.807, 2.05) is 60.7 Å². The molecule has 3 aromatic rings. The summed E-state index contributed by atoms with van der Waals surface area (Å²) in [7, 11) is 0. The van der Waals surface area contributed by atoms with Gasteiger partial charge in [-0.15, -0.1) is 0 Å². The third-order valence-electron chi connectivity index (χ3n) is 6.27. The molecule has 0 spiro atoms. The van der Waals surface area contributed by atoms with E-state index >= 15 is 0 Å². The lowest BCUT2D eigenvalue weighted by Crippen LogP contribution is -2.50. The maximum atomic E-state index is 13.3. The van der Waals surface area contributed by atoms with Crippen LogP contribution in [0.25, 0.3) is 10.8 Å². The third kappa shape index (κ3) is 5.66. The minimum atomic E-state index is -0.648. The van der Waals surface area contributed by atoms with Crippen LogP contribution in [0.3, 0.4) is 0 Å². The van der Waals surface area contributed by atoms with Crippen molar-refractivity contribution >= 4 is 34.2 Å². The largest absolute Gasteiger partial charge is 0.483 e. The summed E-state index contributed by atoms with van der Waals surface area (Å²) in [5.41, 5.74) is 0.790. The highest BCUT2D eigenvalue weighted by atomic mass is 35.5. The van der Waals surface area contributed by atoms with Crippen LogP contribution in [-0.2, 0) is 16.1 Å². The van der Waals surface area contributed by atoms with Gasteiger partial charge in [0.1, 0.15) is 11.8 Å². The molecule has 1 N–H and O–H groups in total. The Kier molecular flexibility index (Phi) is 7.50. The first kappa shape index (κ1) is 23.1. The molecule has 172 valence electrons. The average Bonchev–Trinajstić information content (AvgIpc) is 3.34. The Balaban J connectivity index is 1.51. The van der Waals surface area contributed by atoms with Crippen molar-refractivity contribution in [2.24, 2.45) is 0 Å². The molecule has 4 rings (SSSR count). The highest BCUT2D eigenvalue weighted by Gasteiger charge is 2.29. The van der Waals surface area contributed by atoms with Crippen LogP contribution in [0.15, 0.2) is 66.7 Å². The number of halogens is 1. The lowest BCUT2D eigenvalue weighted by Gasteiger charge is -2.30. The molecule has 0 heterocycles. The summed E-state index contributed by atoms with van der Waals surface area (Å²) in [6.45, 7) is 1.83. The minimum Gasteiger partial charge on any atom is -0.483 e. The van der Waals surface area contributed by atoms with Crippen molar-refractivity contribution in [1.29, 1.82) is 0 Å². The van der Waals surface area contributed by atoms with Crippen molar-refractivity contribution in [3.8, 4) is 5.75 Å². The monoisotopic (exact) mass is 464 g/mol. The molecule has 5 nitrogen and oxygen atoms in total. The second-order valence-corrected chi connectivity index (χ2v) is 8.95. The van der Waals surface area contributed by atoms with E-state index in [-0.39, 0.29) is 31.0 Å². The van der Waals surface area contributed by atoms with E-state index in [0.29, 0.717) is 10.8 Å². The number of hydrogen-bond acceptors (Lipinski definition) is 3. The minimum absolute atomic E-state index is 0.146. The van der Waals surface area contributed by atoms with E-state index in [0.717, 1.165) is 42.0 Å². The summed E-state index contributed by atoms with van der Waals surface area (Å²) < 4.78 is 5.94. The number of rotatable bonds is 8. The molecule has 1 fully saturated rings. The lowest BCUT2D eigenvalue weighted by molar-refractivity contribution is -0.142. The Morgan fingerprint density at radius 1 is 1.03 bits per heavy atom. The molecular weight excluding hydrogens is 436 g/mol. The van der Waals surface area contributed by atoms with E-state index in [1.165, 1.54) is 0 Å². The zero-order valence-corrected chi connectivity index (χ0v) is 19.6. The van der Waals surface area contributed by atoms with Gasteiger partial charge < -0.3 is 15.0 Å². The summed E-state index contributed by atoms with van der Waals surface area (Å²) in [6, 6.07) is 20.5. The first-order valence-electron chi connectivity index (χ1n) is 11.5. The fraction of sp³-hybridized carbons (Fsp3) is 0.333. The van der Waals surface area contributed by atoms with Crippen LogP contribution in [0, 0.1) is 0 Å². The molecule has 1 aliphatic carbocycles. The number of nitrogens with one attached hydrogen (secondary N) is 1. The number of benzene rings is 3. The predicted octanol–water partition coefficient (Wildman–Crippen LogP) is 5.35. The Bertz CT molecular complexity index is 1120. The molecule has 1 aliphatic rings. The number of amides is 2. The summed E-state index contributed by atoms with van der Waals surface area (Å²) in [4.78, 5) is 27.9. The number of ether oxygens (including phenoxy) is 1. The van der Waals surface area contributed by atoms with E-state index < -0.39 is 6.04 Å². The van der Waals surface area contributed by atoms with Gasteiger partial charge in [-0.05, 0) is 42.8 Å². The molecule has 0 saturated heterocycles. The summed E-state index contributed by atoms with van der Waals surface area (Å²) in [6.07, 6.45) is 4.23. The van der Waals surface area contributed by atoms with Crippen LogP contribution in [0.1, 0.15) is 38.2 Å². The van der Waals surface area contributed by atoms with Crippen LogP contribution in [0.2, 0.25) is 5.02 Å². The Labute approximate surface area is 199 Å². The van der Waals surface area contributed by atoms with Crippen LogP contribution < -0.4 is 10.1 Å². The molecular formula is C27H29ClN2O3. The maximum Gasteiger partial charge on any atom is 0.261 e. The molecule has 0 unspecified atom stereocenters. The molecule has 0 bridgehead atoms. The van der Waals surface area contributed by atoms with E-state index in [4.69, 9.17) is 16.3 Å². The summed E-state index contributed by atoms with van der Waals surface area (Å²) in [5, 5.41) is 5.65. The van der Waals surface area contributed by atoms with Gasteiger partial charge >= 0.3 is 0 Å². The second-order valence-electron chi connectivity index (χ2n) is 8.54. The molecule has 6 heteroatoms. The highest BCUT2D eigenvalue weighted by molar-refractivity contribution is 6.31. The van der Waals surface area contributed by atoms with Crippen molar-refractivity contribution < 1.29 is 14.3 Å². The van der Waals surface area contributed by atoms with E-state index in [9.17, 15) is 9.59 Å². The van der Waals surface area contributed by atoms with Crippen molar-refractivity contribution in [3.05, 3.63) is 77.3 Å². The molecule has 0 aliphatic heterocycles. The molecule has 33 heavy (non-hydrogen) atoms. The fourth-order valence-electron chi connectivity index (χ4n) is 4.33. The maximum absolute atomic E-state index is 13.3. The number of hydrogen-bond donors (Lipinski definition) is 1. The normalized spacial score (nSPS) is 14.7. The molecule has 0 radical (unpaired) electrons.